The molecular formula is C28H40N2O5. The number of aldehydes is 2. The fourth-order valence-corrected chi connectivity index (χ4v) is 2.94. The van der Waals surface area contributed by atoms with Crippen LogP contribution in [0.1, 0.15) is 75.1 Å². The van der Waals surface area contributed by atoms with E-state index in [1.807, 2.05) is 0 Å². The molecule has 0 saturated carbocycles. The summed E-state index contributed by atoms with van der Waals surface area (Å²) in [5.74, 6) is -0.322. The predicted molar refractivity (Wildman–Crippen MR) is 138 cm³/mol. The van der Waals surface area contributed by atoms with Gasteiger partial charge in [0.15, 0.2) is 0 Å². The van der Waals surface area contributed by atoms with E-state index in [9.17, 15) is 19.2 Å². The number of rotatable bonds is 15. The molecule has 7 heteroatoms. The highest BCUT2D eigenvalue weighted by Gasteiger charge is 2.21. The number of amides is 2. The summed E-state index contributed by atoms with van der Waals surface area (Å²) in [5, 5.41) is 5.89. The molecule has 0 unspecified atom stereocenters. The van der Waals surface area contributed by atoms with Crippen molar-refractivity contribution in [1.82, 2.24) is 10.6 Å². The third kappa shape index (κ3) is 12.3. The highest BCUT2D eigenvalue weighted by Crippen LogP contribution is 2.22. The van der Waals surface area contributed by atoms with Crippen LogP contribution in [-0.2, 0) is 14.3 Å². The van der Waals surface area contributed by atoms with Gasteiger partial charge in [-0.2, -0.15) is 0 Å². The molecule has 0 atom stereocenters. The Labute approximate surface area is 209 Å². The van der Waals surface area contributed by atoms with Crippen molar-refractivity contribution in [2.45, 2.75) is 54.4 Å². The number of ether oxygens (including phenoxy) is 1. The lowest BCUT2D eigenvalue weighted by molar-refractivity contribution is -0.118. The molecule has 2 N–H and O–H groups in total. The van der Waals surface area contributed by atoms with Gasteiger partial charge in [-0.15, -0.1) is 0 Å². The number of allylic oxidation sites excluding steroid dienone is 3. The molecule has 0 aliphatic heterocycles. The Kier molecular flexibility index (Phi) is 12.3. The summed E-state index contributed by atoms with van der Waals surface area (Å²) in [6.45, 7) is 13.9. The molecule has 1 rings (SSSR count). The molecule has 35 heavy (non-hydrogen) atoms. The molecule has 0 saturated heterocycles. The Bertz CT molecular complexity index is 927. The van der Waals surface area contributed by atoms with Crippen LogP contribution >= 0.6 is 0 Å². The van der Waals surface area contributed by atoms with Crippen LogP contribution in [0.4, 0.5) is 0 Å². The van der Waals surface area contributed by atoms with Crippen LogP contribution in [0, 0.1) is 10.8 Å². The van der Waals surface area contributed by atoms with E-state index in [-0.39, 0.29) is 22.6 Å². The second-order valence-electron chi connectivity index (χ2n) is 10.4. The maximum atomic E-state index is 12.3. The van der Waals surface area contributed by atoms with Gasteiger partial charge in [-0.05, 0) is 55.2 Å². The fourth-order valence-electron chi connectivity index (χ4n) is 2.94. The molecule has 1 aromatic rings. The van der Waals surface area contributed by atoms with Crippen LogP contribution in [0.2, 0.25) is 0 Å². The van der Waals surface area contributed by atoms with Crippen molar-refractivity contribution in [3.8, 4) is 0 Å². The Morgan fingerprint density at radius 2 is 1.40 bits per heavy atom. The number of carbonyl (C=O) groups excluding carboxylic acids is 4. The Morgan fingerprint density at radius 1 is 0.857 bits per heavy atom. The molecule has 7 nitrogen and oxygen atoms in total. The SMILES string of the molecule is C/C(C=O)=C\C=C(/C)C(=O)NCC(C)(C)CCOCCC(C)(C)CNC(=O)c1ccc(C=O)cc1. The summed E-state index contributed by atoms with van der Waals surface area (Å²) in [4.78, 5) is 45.9. The first-order valence-corrected chi connectivity index (χ1v) is 11.9. The lowest BCUT2D eigenvalue weighted by Gasteiger charge is -2.27. The predicted octanol–water partition coefficient (Wildman–Crippen LogP) is 4.29. The van der Waals surface area contributed by atoms with Crippen LogP contribution < -0.4 is 10.6 Å². The van der Waals surface area contributed by atoms with Crippen LogP contribution in [0.15, 0.2) is 47.6 Å². The monoisotopic (exact) mass is 484 g/mol. The van der Waals surface area contributed by atoms with Gasteiger partial charge in [0.1, 0.15) is 12.6 Å². The van der Waals surface area contributed by atoms with E-state index in [4.69, 9.17) is 4.74 Å². The van der Waals surface area contributed by atoms with E-state index in [0.29, 0.717) is 48.6 Å². The van der Waals surface area contributed by atoms with Crippen LogP contribution in [0.5, 0.6) is 0 Å². The van der Waals surface area contributed by atoms with Crippen molar-refractivity contribution in [3.05, 3.63) is 58.7 Å². The quantitative estimate of drug-likeness (QED) is 0.167. The standard InChI is InChI=1S/C28H40N2O5/c1-21(17-31)7-8-22(2)25(33)29-19-27(3,4)13-15-35-16-14-28(5,6)20-30-26(34)24-11-9-23(18-32)10-12-24/h7-12,17-18H,13-16,19-20H2,1-6H3,(H,29,33)(H,30,34)/b21-7+,22-8+. The molecule has 192 valence electrons. The number of hydrogen-bond donors (Lipinski definition) is 2. The average molecular weight is 485 g/mol. The van der Waals surface area contributed by atoms with Gasteiger partial charge in [-0.25, -0.2) is 0 Å². The van der Waals surface area contributed by atoms with Crippen LogP contribution in [0.3, 0.4) is 0 Å². The molecule has 0 spiro atoms. The smallest absolute Gasteiger partial charge is 0.251 e. The van der Waals surface area contributed by atoms with E-state index in [1.165, 1.54) is 0 Å². The highest BCUT2D eigenvalue weighted by atomic mass is 16.5. The molecule has 2 amide bonds. The van der Waals surface area contributed by atoms with Crippen LogP contribution in [0.25, 0.3) is 0 Å². The minimum Gasteiger partial charge on any atom is -0.381 e. The van der Waals surface area contributed by atoms with Crippen LogP contribution in [-0.4, -0.2) is 50.7 Å². The Balaban J connectivity index is 2.33. The van der Waals surface area contributed by atoms with Gasteiger partial charge in [0.2, 0.25) is 5.91 Å². The second kappa shape index (κ2) is 14.4. The zero-order valence-corrected chi connectivity index (χ0v) is 21.9. The third-order valence-corrected chi connectivity index (χ3v) is 5.75. The van der Waals surface area contributed by atoms with Crippen molar-refractivity contribution >= 4 is 24.4 Å². The molecule has 0 fully saturated rings. The summed E-state index contributed by atoms with van der Waals surface area (Å²) in [5.41, 5.74) is 1.90. The van der Waals surface area contributed by atoms with E-state index >= 15 is 0 Å². The lowest BCUT2D eigenvalue weighted by Crippen LogP contribution is -2.35. The van der Waals surface area contributed by atoms with Gasteiger partial charge in [0.05, 0.1) is 0 Å². The molecular weight excluding hydrogens is 444 g/mol. The molecule has 0 radical (unpaired) electrons. The van der Waals surface area contributed by atoms with Crippen molar-refractivity contribution in [2.75, 3.05) is 26.3 Å². The van der Waals surface area contributed by atoms with E-state index in [1.54, 1.807) is 50.3 Å². The number of nitrogens with one attached hydrogen (secondary N) is 2. The van der Waals surface area contributed by atoms with Gasteiger partial charge in [0, 0.05) is 43.0 Å². The molecule has 0 aliphatic rings. The van der Waals surface area contributed by atoms with E-state index in [0.717, 1.165) is 25.4 Å². The van der Waals surface area contributed by atoms with Gasteiger partial charge in [0.25, 0.3) is 5.91 Å². The number of benzene rings is 1. The molecule has 0 aliphatic carbocycles. The molecule has 0 aromatic heterocycles. The maximum absolute atomic E-state index is 12.3. The first-order valence-electron chi connectivity index (χ1n) is 11.9. The van der Waals surface area contributed by atoms with E-state index in [2.05, 4.69) is 38.3 Å². The zero-order valence-electron chi connectivity index (χ0n) is 21.9. The number of hydrogen-bond acceptors (Lipinski definition) is 5. The first kappa shape index (κ1) is 30.0. The summed E-state index contributed by atoms with van der Waals surface area (Å²) in [6.07, 6.45) is 6.33. The minimum absolute atomic E-state index is 0.132. The summed E-state index contributed by atoms with van der Waals surface area (Å²) >= 11 is 0. The minimum atomic E-state index is -0.166. The van der Waals surface area contributed by atoms with Gasteiger partial charge >= 0.3 is 0 Å². The van der Waals surface area contributed by atoms with Gasteiger partial charge in [-0.1, -0.05) is 52.0 Å². The Morgan fingerprint density at radius 3 is 1.91 bits per heavy atom. The van der Waals surface area contributed by atoms with E-state index < -0.39 is 0 Å². The summed E-state index contributed by atoms with van der Waals surface area (Å²) < 4.78 is 5.84. The van der Waals surface area contributed by atoms with Crippen molar-refractivity contribution in [3.63, 3.8) is 0 Å². The maximum Gasteiger partial charge on any atom is 0.251 e. The Hall–Kier alpha value is -3.06. The first-order chi connectivity index (χ1) is 16.4. The molecule has 0 bridgehead atoms. The highest BCUT2D eigenvalue weighted by molar-refractivity contribution is 5.95. The largest absolute Gasteiger partial charge is 0.381 e. The number of carbonyl (C=O) groups is 4. The van der Waals surface area contributed by atoms with Crippen molar-refractivity contribution in [1.29, 1.82) is 0 Å². The summed E-state index contributed by atoms with van der Waals surface area (Å²) in [6, 6.07) is 6.53. The second-order valence-corrected chi connectivity index (χ2v) is 10.4. The molecule has 0 heterocycles. The summed E-state index contributed by atoms with van der Waals surface area (Å²) in [7, 11) is 0. The van der Waals surface area contributed by atoms with Crippen molar-refractivity contribution in [2.24, 2.45) is 10.8 Å². The zero-order chi connectivity index (χ0) is 26.5. The normalized spacial score (nSPS) is 12.7. The van der Waals surface area contributed by atoms with Gasteiger partial charge < -0.3 is 15.4 Å². The topological polar surface area (TPSA) is 102 Å². The molecule has 1 aromatic carbocycles. The lowest BCUT2D eigenvalue weighted by atomic mass is 9.89. The third-order valence-electron chi connectivity index (χ3n) is 5.75. The fraction of sp³-hybridized carbons (Fsp3) is 0.500. The van der Waals surface area contributed by atoms with Crippen molar-refractivity contribution < 1.29 is 23.9 Å². The van der Waals surface area contributed by atoms with Gasteiger partial charge in [-0.3, -0.25) is 19.2 Å². The average Bonchev–Trinajstić information content (AvgIpc) is 2.83.